The van der Waals surface area contributed by atoms with E-state index in [4.69, 9.17) is 9.47 Å². The topological polar surface area (TPSA) is 89.4 Å². The molecule has 8 nitrogen and oxygen atoms in total. The molecule has 10 heteroatoms. The fourth-order valence-corrected chi connectivity index (χ4v) is 6.13. The minimum atomic E-state index is -3.43. The molecule has 2 aliphatic rings. The van der Waals surface area contributed by atoms with E-state index in [0.717, 1.165) is 4.90 Å². The number of carbonyl (C=O) groups is 1. The first-order chi connectivity index (χ1) is 13.9. The molecule has 0 spiro atoms. The fraction of sp³-hybridized carbons (Fsp3) is 0.421. The van der Waals surface area contributed by atoms with Gasteiger partial charge in [0.15, 0.2) is 17.5 Å². The number of sulfonamides is 1. The van der Waals surface area contributed by atoms with Crippen molar-refractivity contribution in [3.63, 3.8) is 0 Å². The molecule has 0 aliphatic carbocycles. The van der Waals surface area contributed by atoms with Crippen molar-refractivity contribution in [1.82, 2.24) is 4.31 Å². The molecule has 0 bridgehead atoms. The second-order valence-corrected chi connectivity index (χ2v) is 10.2. The zero-order valence-corrected chi connectivity index (χ0v) is 17.7. The second kappa shape index (κ2) is 8.31. The lowest BCUT2D eigenvalue weighted by Crippen LogP contribution is -3.19. The molecular weight excluding hydrogens is 414 g/mol. The van der Waals surface area contributed by atoms with Gasteiger partial charge in [-0.25, -0.2) is 8.42 Å². The normalized spacial score (nSPS) is 18.9. The maximum Gasteiger partial charge on any atom is 0.282 e. The van der Waals surface area contributed by atoms with Crippen molar-refractivity contribution in [2.75, 3.05) is 44.7 Å². The third kappa shape index (κ3) is 4.25. The Morgan fingerprint density at radius 3 is 2.59 bits per heavy atom. The molecule has 1 fully saturated rings. The van der Waals surface area contributed by atoms with E-state index < -0.39 is 10.0 Å². The zero-order valence-electron chi connectivity index (χ0n) is 16.1. The molecule has 1 saturated heterocycles. The van der Waals surface area contributed by atoms with Gasteiger partial charge < -0.3 is 19.7 Å². The molecule has 156 valence electrons. The number of ether oxygens (including phenoxy) is 2. The summed E-state index contributed by atoms with van der Waals surface area (Å²) in [4.78, 5) is 13.8. The van der Waals surface area contributed by atoms with Crippen LogP contribution in [0.3, 0.4) is 0 Å². The summed E-state index contributed by atoms with van der Waals surface area (Å²) in [7, 11) is -3.43. The number of quaternary nitrogens is 1. The smallest absolute Gasteiger partial charge is 0.282 e. The van der Waals surface area contributed by atoms with Crippen molar-refractivity contribution in [3.8, 4) is 11.5 Å². The van der Waals surface area contributed by atoms with Crippen LogP contribution in [0.2, 0.25) is 0 Å². The number of amides is 1. The Labute approximate surface area is 174 Å². The predicted octanol–water partition coefficient (Wildman–Crippen LogP) is 0.436. The van der Waals surface area contributed by atoms with E-state index in [1.165, 1.54) is 15.6 Å². The number of hydrogen-bond acceptors (Lipinski definition) is 6. The van der Waals surface area contributed by atoms with Crippen LogP contribution >= 0.6 is 11.3 Å². The van der Waals surface area contributed by atoms with Crippen LogP contribution in [0.5, 0.6) is 11.5 Å². The highest BCUT2D eigenvalue weighted by Crippen LogP contribution is 2.32. The van der Waals surface area contributed by atoms with Crippen LogP contribution in [0, 0.1) is 0 Å². The number of nitrogens with zero attached hydrogens (tertiary/aromatic N) is 1. The van der Waals surface area contributed by atoms with Gasteiger partial charge in [-0.1, -0.05) is 6.07 Å². The van der Waals surface area contributed by atoms with Crippen molar-refractivity contribution in [2.24, 2.45) is 0 Å². The molecule has 0 unspecified atom stereocenters. The average molecular weight is 439 g/mol. The average Bonchev–Trinajstić information content (AvgIpc) is 3.29. The molecule has 0 radical (unpaired) electrons. The highest BCUT2D eigenvalue weighted by Gasteiger charge is 2.34. The van der Waals surface area contributed by atoms with Crippen molar-refractivity contribution in [3.05, 3.63) is 35.7 Å². The summed E-state index contributed by atoms with van der Waals surface area (Å²) in [5.74, 6) is 1.20. The largest absolute Gasteiger partial charge is 0.486 e. The van der Waals surface area contributed by atoms with E-state index in [1.807, 2.05) is 6.92 Å². The Morgan fingerprint density at radius 2 is 1.90 bits per heavy atom. The number of carbonyl (C=O) groups excluding carboxylic acids is 1. The number of benzene rings is 1. The Morgan fingerprint density at radius 1 is 1.17 bits per heavy atom. The zero-order chi connectivity index (χ0) is 20.4. The van der Waals surface area contributed by atoms with E-state index >= 15 is 0 Å². The van der Waals surface area contributed by atoms with E-state index in [0.29, 0.717) is 60.8 Å². The van der Waals surface area contributed by atoms with Gasteiger partial charge >= 0.3 is 0 Å². The number of anilines is 1. The van der Waals surface area contributed by atoms with Gasteiger partial charge in [0.2, 0.25) is 0 Å². The van der Waals surface area contributed by atoms with Crippen LogP contribution in [0.1, 0.15) is 6.92 Å². The lowest BCUT2D eigenvalue weighted by atomic mass is 10.2. The number of rotatable bonds is 5. The standard InChI is InChI=1S/C19H23N3O5S2/c1-14(19(23)20-15-4-5-16-17(13-15)27-11-10-26-16)21-6-8-22(9-7-21)29(24,25)18-3-2-12-28-18/h2-5,12-14H,6-11H2,1H3,(H,20,23)/p+1/t14-/m1/s1. The Balaban J connectivity index is 1.34. The maximum absolute atomic E-state index is 12.7. The summed E-state index contributed by atoms with van der Waals surface area (Å²) in [6.07, 6.45) is 0. The molecule has 1 aromatic heterocycles. The summed E-state index contributed by atoms with van der Waals surface area (Å²) in [5, 5.41) is 4.69. The summed E-state index contributed by atoms with van der Waals surface area (Å²) in [5.41, 5.74) is 0.657. The summed E-state index contributed by atoms with van der Waals surface area (Å²) < 4.78 is 38.2. The number of fused-ring (bicyclic) bond motifs is 1. The van der Waals surface area contributed by atoms with Crippen molar-refractivity contribution < 1.29 is 27.6 Å². The van der Waals surface area contributed by atoms with Gasteiger partial charge in [-0.3, -0.25) is 4.79 Å². The van der Waals surface area contributed by atoms with Crippen LogP contribution in [0.25, 0.3) is 0 Å². The van der Waals surface area contributed by atoms with Gasteiger partial charge in [0, 0.05) is 11.8 Å². The third-order valence-corrected chi connectivity index (χ3v) is 8.54. The first kappa shape index (κ1) is 20.1. The van der Waals surface area contributed by atoms with Crippen molar-refractivity contribution in [1.29, 1.82) is 0 Å². The Bertz CT molecular complexity index is 970. The van der Waals surface area contributed by atoms with Crippen LogP contribution < -0.4 is 19.7 Å². The number of nitrogens with one attached hydrogen (secondary N) is 2. The Kier molecular flexibility index (Phi) is 5.77. The van der Waals surface area contributed by atoms with Crippen molar-refractivity contribution in [2.45, 2.75) is 17.2 Å². The highest BCUT2D eigenvalue weighted by molar-refractivity contribution is 7.91. The minimum Gasteiger partial charge on any atom is -0.486 e. The molecule has 1 atom stereocenters. The summed E-state index contributed by atoms with van der Waals surface area (Å²) in [6, 6.07) is 8.41. The second-order valence-electron chi connectivity index (χ2n) is 7.06. The first-order valence-electron chi connectivity index (χ1n) is 9.54. The molecule has 3 heterocycles. The first-order valence-corrected chi connectivity index (χ1v) is 11.9. The van der Waals surface area contributed by atoms with Gasteiger partial charge in [-0.15, -0.1) is 11.3 Å². The minimum absolute atomic E-state index is 0.105. The van der Waals surface area contributed by atoms with Gasteiger partial charge in [-0.05, 0) is 30.5 Å². The molecule has 1 aromatic carbocycles. The lowest BCUT2D eigenvalue weighted by Gasteiger charge is -2.33. The molecule has 29 heavy (non-hydrogen) atoms. The molecule has 4 rings (SSSR count). The fourth-order valence-electron chi connectivity index (χ4n) is 3.54. The third-order valence-electron chi connectivity index (χ3n) is 5.27. The van der Waals surface area contributed by atoms with Crippen LogP contribution in [-0.4, -0.2) is 64.1 Å². The molecule has 2 N–H and O–H groups in total. The molecule has 2 aromatic rings. The van der Waals surface area contributed by atoms with Gasteiger partial charge in [0.05, 0.1) is 26.2 Å². The quantitative estimate of drug-likeness (QED) is 0.707. The molecule has 0 saturated carbocycles. The van der Waals surface area contributed by atoms with Crippen LogP contribution in [-0.2, 0) is 14.8 Å². The molecular formula is C19H24N3O5S2+. The summed E-state index contributed by atoms with van der Waals surface area (Å²) in [6.45, 7) is 4.85. The van der Waals surface area contributed by atoms with E-state index in [2.05, 4.69) is 5.32 Å². The van der Waals surface area contributed by atoms with Crippen LogP contribution in [0.15, 0.2) is 39.9 Å². The number of hydrogen-bond donors (Lipinski definition) is 2. The van der Waals surface area contributed by atoms with Gasteiger partial charge in [0.25, 0.3) is 15.9 Å². The van der Waals surface area contributed by atoms with E-state index in [1.54, 1.807) is 35.7 Å². The van der Waals surface area contributed by atoms with E-state index in [-0.39, 0.29) is 11.9 Å². The SMILES string of the molecule is C[C@H](C(=O)Nc1ccc2c(c1)OCCO2)[NH+]1CCN(S(=O)(=O)c2cccs2)CC1. The maximum atomic E-state index is 12.7. The molecule has 1 amide bonds. The Hall–Kier alpha value is -2.14. The van der Waals surface area contributed by atoms with Gasteiger partial charge in [-0.2, -0.15) is 4.31 Å². The van der Waals surface area contributed by atoms with Crippen molar-refractivity contribution >= 4 is 33.0 Å². The number of thiophene rings is 1. The van der Waals surface area contributed by atoms with Crippen LogP contribution in [0.4, 0.5) is 5.69 Å². The van der Waals surface area contributed by atoms with E-state index in [9.17, 15) is 13.2 Å². The highest BCUT2D eigenvalue weighted by atomic mass is 32.2. The molecule has 2 aliphatic heterocycles. The predicted molar refractivity (Wildman–Crippen MR) is 109 cm³/mol. The number of piperazine rings is 1. The monoisotopic (exact) mass is 438 g/mol. The summed E-state index contributed by atoms with van der Waals surface area (Å²) >= 11 is 1.23. The lowest BCUT2D eigenvalue weighted by molar-refractivity contribution is -0.917. The van der Waals surface area contributed by atoms with Gasteiger partial charge in [0.1, 0.15) is 17.4 Å².